The van der Waals surface area contributed by atoms with E-state index in [1.165, 1.54) is 38.1 Å². The molecule has 0 aliphatic rings. The number of furan rings is 1. The Balaban J connectivity index is 0.969. The zero-order valence-electron chi connectivity index (χ0n) is 36.6. The van der Waals surface area contributed by atoms with Crippen LogP contribution in [0.4, 0.5) is 17.1 Å². The molecule has 0 bridgehead atoms. The number of anilines is 3. The number of hydrogen-bond donors (Lipinski definition) is 0. The Labute approximate surface area is 388 Å². The molecule has 11 aromatic carbocycles. The van der Waals surface area contributed by atoms with Gasteiger partial charge in [-0.25, -0.2) is 0 Å². The molecule has 2 heterocycles. The molecule has 3 heteroatoms. The Morgan fingerprint density at radius 1 is 0.299 bits per heavy atom. The fourth-order valence-electron chi connectivity index (χ4n) is 10.1. The van der Waals surface area contributed by atoms with Crippen LogP contribution < -0.4 is 4.90 Å². The number of para-hydroxylation sites is 3. The molecule has 13 aromatic rings. The summed E-state index contributed by atoms with van der Waals surface area (Å²) < 4.78 is 8.77. The first-order valence-electron chi connectivity index (χ1n) is 22.9. The van der Waals surface area contributed by atoms with Gasteiger partial charge in [-0.1, -0.05) is 176 Å². The van der Waals surface area contributed by atoms with Gasteiger partial charge >= 0.3 is 0 Å². The van der Waals surface area contributed by atoms with Crippen LogP contribution in [0.5, 0.6) is 0 Å². The smallest absolute Gasteiger partial charge is 0.136 e. The minimum absolute atomic E-state index is 0.883. The predicted octanol–water partition coefficient (Wildman–Crippen LogP) is 18.0. The Morgan fingerprint density at radius 2 is 0.866 bits per heavy atom. The molecular formula is C64H42N2O. The van der Waals surface area contributed by atoms with E-state index in [-0.39, 0.29) is 0 Å². The van der Waals surface area contributed by atoms with Gasteiger partial charge in [0.05, 0.1) is 16.7 Å². The van der Waals surface area contributed by atoms with Crippen LogP contribution in [-0.2, 0) is 0 Å². The lowest BCUT2D eigenvalue weighted by atomic mass is 9.95. The quantitative estimate of drug-likeness (QED) is 0.152. The zero-order valence-corrected chi connectivity index (χ0v) is 36.6. The highest BCUT2D eigenvalue weighted by atomic mass is 16.3. The van der Waals surface area contributed by atoms with E-state index in [2.05, 4.69) is 252 Å². The van der Waals surface area contributed by atoms with Gasteiger partial charge in [-0.15, -0.1) is 0 Å². The summed E-state index contributed by atoms with van der Waals surface area (Å²) in [5.74, 6) is 0. The van der Waals surface area contributed by atoms with E-state index < -0.39 is 0 Å². The maximum atomic E-state index is 6.38. The van der Waals surface area contributed by atoms with Gasteiger partial charge in [0.1, 0.15) is 11.2 Å². The molecule has 3 nitrogen and oxygen atoms in total. The van der Waals surface area contributed by atoms with Crippen LogP contribution in [0.3, 0.4) is 0 Å². The molecule has 0 spiro atoms. The highest BCUT2D eigenvalue weighted by Crippen LogP contribution is 2.45. The van der Waals surface area contributed by atoms with E-state index in [0.29, 0.717) is 0 Å². The summed E-state index contributed by atoms with van der Waals surface area (Å²) in [4.78, 5) is 2.42. The molecule has 0 saturated carbocycles. The van der Waals surface area contributed by atoms with Crippen molar-refractivity contribution in [2.45, 2.75) is 0 Å². The second kappa shape index (κ2) is 16.0. The molecule has 0 N–H and O–H groups in total. The SMILES string of the molecule is c1ccc(-c2ccc(-c3ccc4ccccc4c3)cc2N(c2ccc(-c3cccc(-n4c5ccccc5c5ccccc54)c3)cc2)c2cccc(-c3ccc4c(c3)oc3ccccc34)c2)cc1. The molecule has 2 aromatic heterocycles. The van der Waals surface area contributed by atoms with Crippen molar-refractivity contribution >= 4 is 71.6 Å². The molecule has 13 rings (SSSR count). The second-order valence-electron chi connectivity index (χ2n) is 17.3. The Morgan fingerprint density at radius 3 is 1.67 bits per heavy atom. The maximum Gasteiger partial charge on any atom is 0.136 e. The van der Waals surface area contributed by atoms with Crippen molar-refractivity contribution < 1.29 is 4.42 Å². The molecule has 67 heavy (non-hydrogen) atoms. The summed E-state index contributed by atoms with van der Waals surface area (Å²) in [5.41, 5.74) is 17.6. The lowest BCUT2D eigenvalue weighted by molar-refractivity contribution is 0.669. The van der Waals surface area contributed by atoms with E-state index in [4.69, 9.17) is 4.42 Å². The fraction of sp³-hybridized carbons (Fsp3) is 0. The molecule has 0 saturated heterocycles. The Hall–Kier alpha value is -8.92. The van der Waals surface area contributed by atoms with E-state index in [9.17, 15) is 0 Å². The molecule has 0 aliphatic carbocycles. The molecule has 0 unspecified atom stereocenters. The molecule has 0 aliphatic heterocycles. The number of benzene rings is 11. The maximum absolute atomic E-state index is 6.38. The van der Waals surface area contributed by atoms with Crippen molar-refractivity contribution in [3.05, 3.63) is 255 Å². The molecule has 0 amide bonds. The van der Waals surface area contributed by atoms with Gasteiger partial charge in [-0.2, -0.15) is 0 Å². The van der Waals surface area contributed by atoms with Crippen LogP contribution >= 0.6 is 0 Å². The second-order valence-corrected chi connectivity index (χ2v) is 17.3. The summed E-state index contributed by atoms with van der Waals surface area (Å²) >= 11 is 0. The first-order chi connectivity index (χ1) is 33.2. The third-order valence-electron chi connectivity index (χ3n) is 13.4. The summed E-state index contributed by atoms with van der Waals surface area (Å²) in [5, 5.41) is 7.21. The first kappa shape index (κ1) is 38.5. The van der Waals surface area contributed by atoms with Crippen LogP contribution in [-0.4, -0.2) is 4.57 Å². The summed E-state index contributed by atoms with van der Waals surface area (Å²) in [6, 6.07) is 92.1. The monoisotopic (exact) mass is 854 g/mol. The number of rotatable bonds is 8. The summed E-state index contributed by atoms with van der Waals surface area (Å²) in [7, 11) is 0. The minimum atomic E-state index is 0.883. The van der Waals surface area contributed by atoms with Crippen molar-refractivity contribution in [2.75, 3.05) is 4.90 Å². The standard InChI is InChI=1S/C64H42N2O/c1-2-15-45(16-3-1)55-36-32-50(49-29-28-43-14-4-5-17-46(43)38-49)41-62(55)65(53-20-13-19-48(40-53)51-33-37-59-58-24-8-11-27-63(58)67-64(59)42-51)52-34-30-44(31-35-52)47-18-12-21-54(39-47)66-60-25-9-6-22-56(60)57-23-7-10-26-61(57)66/h1-42H. The van der Waals surface area contributed by atoms with Crippen LogP contribution in [0, 0.1) is 0 Å². The topological polar surface area (TPSA) is 21.3 Å². The minimum Gasteiger partial charge on any atom is -0.456 e. The van der Waals surface area contributed by atoms with E-state index in [1.54, 1.807) is 0 Å². The number of hydrogen-bond acceptors (Lipinski definition) is 2. The normalized spacial score (nSPS) is 11.6. The average molecular weight is 855 g/mol. The first-order valence-corrected chi connectivity index (χ1v) is 22.9. The van der Waals surface area contributed by atoms with Crippen LogP contribution in [0.25, 0.3) is 105 Å². The summed E-state index contributed by atoms with van der Waals surface area (Å²) in [6.07, 6.45) is 0. The molecule has 0 fully saturated rings. The average Bonchev–Trinajstić information content (AvgIpc) is 3.95. The highest BCUT2D eigenvalue weighted by Gasteiger charge is 2.21. The highest BCUT2D eigenvalue weighted by molar-refractivity contribution is 6.09. The largest absolute Gasteiger partial charge is 0.456 e. The van der Waals surface area contributed by atoms with Crippen LogP contribution in [0.2, 0.25) is 0 Å². The molecule has 314 valence electrons. The lowest BCUT2D eigenvalue weighted by Crippen LogP contribution is -2.11. The van der Waals surface area contributed by atoms with E-state index >= 15 is 0 Å². The lowest BCUT2D eigenvalue weighted by Gasteiger charge is -2.29. The third-order valence-corrected chi connectivity index (χ3v) is 13.4. The van der Waals surface area contributed by atoms with Crippen LogP contribution in [0.1, 0.15) is 0 Å². The molecular weight excluding hydrogens is 813 g/mol. The van der Waals surface area contributed by atoms with Crippen molar-refractivity contribution in [2.24, 2.45) is 0 Å². The van der Waals surface area contributed by atoms with Gasteiger partial charge < -0.3 is 13.9 Å². The fourth-order valence-corrected chi connectivity index (χ4v) is 10.1. The summed E-state index contributed by atoms with van der Waals surface area (Å²) in [6.45, 7) is 0. The van der Waals surface area contributed by atoms with E-state index in [1.807, 2.05) is 12.1 Å². The zero-order chi connectivity index (χ0) is 44.3. The van der Waals surface area contributed by atoms with Crippen LogP contribution in [0.15, 0.2) is 259 Å². The van der Waals surface area contributed by atoms with Gasteiger partial charge in [0.2, 0.25) is 0 Å². The van der Waals surface area contributed by atoms with Gasteiger partial charge in [0.25, 0.3) is 0 Å². The third kappa shape index (κ3) is 6.76. The Bertz CT molecular complexity index is 3940. The Kier molecular flexibility index (Phi) is 9.17. The van der Waals surface area contributed by atoms with Crippen molar-refractivity contribution in [1.29, 1.82) is 0 Å². The van der Waals surface area contributed by atoms with Crippen molar-refractivity contribution in [1.82, 2.24) is 4.57 Å². The number of aromatic nitrogens is 1. The number of fused-ring (bicyclic) bond motifs is 7. The van der Waals surface area contributed by atoms with Gasteiger partial charge in [0, 0.05) is 44.2 Å². The number of nitrogens with zero attached hydrogens (tertiary/aromatic N) is 2. The van der Waals surface area contributed by atoms with Gasteiger partial charge in [-0.05, 0) is 129 Å². The van der Waals surface area contributed by atoms with Crippen molar-refractivity contribution in [3.63, 3.8) is 0 Å². The van der Waals surface area contributed by atoms with Gasteiger partial charge in [0.15, 0.2) is 0 Å². The van der Waals surface area contributed by atoms with E-state index in [0.717, 1.165) is 83.6 Å². The van der Waals surface area contributed by atoms with Crippen molar-refractivity contribution in [3.8, 4) is 50.2 Å². The molecule has 0 atom stereocenters. The van der Waals surface area contributed by atoms with Gasteiger partial charge in [-0.3, -0.25) is 0 Å². The predicted molar refractivity (Wildman–Crippen MR) is 282 cm³/mol. The molecule has 0 radical (unpaired) electrons.